The first-order valence-corrected chi connectivity index (χ1v) is 12.8. The number of sulfonamides is 1. The summed E-state index contributed by atoms with van der Waals surface area (Å²) in [6, 6.07) is 15.3. The van der Waals surface area contributed by atoms with E-state index in [2.05, 4.69) is 4.72 Å². The summed E-state index contributed by atoms with van der Waals surface area (Å²) in [4.78, 5) is 23.1. The number of hydrogen-bond acceptors (Lipinski definition) is 7. The number of esters is 1. The van der Waals surface area contributed by atoms with Crippen molar-refractivity contribution in [3.63, 3.8) is 0 Å². The van der Waals surface area contributed by atoms with Crippen molar-refractivity contribution in [2.45, 2.75) is 25.7 Å². The van der Waals surface area contributed by atoms with Gasteiger partial charge in [-0.15, -0.1) is 0 Å². The Balaban J connectivity index is 1.86. The van der Waals surface area contributed by atoms with E-state index in [1.807, 2.05) is 28.8 Å². The zero-order valence-electron chi connectivity index (χ0n) is 20.6. The maximum absolute atomic E-state index is 13.1. The van der Waals surface area contributed by atoms with Gasteiger partial charge in [0.05, 0.1) is 40.3 Å². The standard InChI is InChI=1S/C26H25N3O7S/c1-5-36-26(30)25-17(3)28(18-6-10-20(35-4)11-7-18)24-14-16(2)23(15-22(24)25)27-37(33,34)21-12-8-19(9-13-21)29(31)32/h6-15,27H,5H2,1-4H3. The molecule has 4 aromatic rings. The van der Waals surface area contributed by atoms with Crippen LogP contribution in [0.2, 0.25) is 0 Å². The number of carbonyl (C=O) groups is 1. The van der Waals surface area contributed by atoms with Crippen LogP contribution >= 0.6 is 0 Å². The van der Waals surface area contributed by atoms with Gasteiger partial charge in [-0.2, -0.15) is 0 Å². The summed E-state index contributed by atoms with van der Waals surface area (Å²) in [6.45, 7) is 5.44. The Morgan fingerprint density at radius 3 is 2.27 bits per heavy atom. The minimum Gasteiger partial charge on any atom is -0.497 e. The quantitative estimate of drug-likeness (QED) is 0.192. The highest BCUT2D eigenvalue weighted by Gasteiger charge is 2.24. The maximum atomic E-state index is 13.1. The second-order valence-corrected chi connectivity index (χ2v) is 9.94. The topological polar surface area (TPSA) is 130 Å². The molecule has 0 unspecified atom stereocenters. The first kappa shape index (κ1) is 25.7. The molecule has 192 valence electrons. The summed E-state index contributed by atoms with van der Waals surface area (Å²) in [7, 11) is -2.49. The molecule has 10 nitrogen and oxygen atoms in total. The number of anilines is 1. The fraction of sp³-hybridized carbons (Fsp3) is 0.192. The second-order valence-electron chi connectivity index (χ2n) is 8.26. The van der Waals surface area contributed by atoms with Gasteiger partial charge in [-0.05, 0) is 74.9 Å². The second kappa shape index (κ2) is 9.94. The Morgan fingerprint density at radius 1 is 1.05 bits per heavy atom. The minimum atomic E-state index is -4.06. The SMILES string of the molecule is CCOC(=O)c1c(C)n(-c2ccc(OC)cc2)c2cc(C)c(NS(=O)(=O)c3ccc([N+](=O)[O-])cc3)cc12. The van der Waals surface area contributed by atoms with Gasteiger partial charge in [0.25, 0.3) is 15.7 Å². The summed E-state index contributed by atoms with van der Waals surface area (Å²) in [6.07, 6.45) is 0. The van der Waals surface area contributed by atoms with E-state index in [4.69, 9.17) is 9.47 Å². The Bertz CT molecular complexity index is 1610. The predicted octanol–water partition coefficient (Wildman–Crippen LogP) is 5.14. The number of nitro groups is 1. The molecule has 1 N–H and O–H groups in total. The number of aryl methyl sites for hydroxylation is 1. The van der Waals surface area contributed by atoms with Crippen LogP contribution in [-0.4, -0.2) is 37.6 Å². The molecule has 0 aliphatic carbocycles. The number of nitrogens with one attached hydrogen (secondary N) is 1. The van der Waals surface area contributed by atoms with Gasteiger partial charge in [0.2, 0.25) is 0 Å². The van der Waals surface area contributed by atoms with Crippen LogP contribution < -0.4 is 9.46 Å². The minimum absolute atomic E-state index is 0.129. The van der Waals surface area contributed by atoms with Crippen LogP contribution in [-0.2, 0) is 14.8 Å². The van der Waals surface area contributed by atoms with Gasteiger partial charge in [0.15, 0.2) is 0 Å². The van der Waals surface area contributed by atoms with E-state index in [9.17, 15) is 23.3 Å². The molecule has 0 spiro atoms. The zero-order chi connectivity index (χ0) is 26.9. The normalized spacial score (nSPS) is 11.4. The number of rotatable bonds is 8. The van der Waals surface area contributed by atoms with Crippen LogP contribution in [0.25, 0.3) is 16.6 Å². The van der Waals surface area contributed by atoms with Gasteiger partial charge in [-0.1, -0.05) is 0 Å². The van der Waals surface area contributed by atoms with E-state index in [0.717, 1.165) is 17.8 Å². The number of carbonyl (C=O) groups excluding carboxylic acids is 1. The van der Waals surface area contributed by atoms with Crippen LogP contribution in [0.3, 0.4) is 0 Å². The summed E-state index contributed by atoms with van der Waals surface area (Å²) >= 11 is 0. The molecule has 4 rings (SSSR count). The number of non-ortho nitro benzene ring substituents is 1. The molecule has 11 heteroatoms. The Kier molecular flexibility index (Phi) is 6.90. The smallest absolute Gasteiger partial charge is 0.340 e. The molecule has 0 fully saturated rings. The lowest BCUT2D eigenvalue weighted by Crippen LogP contribution is -2.14. The molecule has 0 amide bonds. The fourth-order valence-corrected chi connectivity index (χ4v) is 5.27. The number of nitro benzene ring substituents is 1. The van der Waals surface area contributed by atoms with E-state index in [0.29, 0.717) is 33.5 Å². The molecular weight excluding hydrogens is 498 g/mol. The number of hydrogen-bond donors (Lipinski definition) is 1. The van der Waals surface area contributed by atoms with Gasteiger partial charge in [0.1, 0.15) is 5.75 Å². The summed E-state index contributed by atoms with van der Waals surface area (Å²) < 4.78 is 41.1. The van der Waals surface area contributed by atoms with Gasteiger partial charge < -0.3 is 14.0 Å². The fourth-order valence-electron chi connectivity index (χ4n) is 4.15. The highest BCUT2D eigenvalue weighted by atomic mass is 32.2. The molecule has 0 atom stereocenters. The molecule has 0 radical (unpaired) electrons. The van der Waals surface area contributed by atoms with Crippen LogP contribution in [0, 0.1) is 24.0 Å². The maximum Gasteiger partial charge on any atom is 0.340 e. The largest absolute Gasteiger partial charge is 0.497 e. The van der Waals surface area contributed by atoms with Crippen LogP contribution in [0.4, 0.5) is 11.4 Å². The van der Waals surface area contributed by atoms with Crippen molar-refractivity contribution in [3.8, 4) is 11.4 Å². The molecule has 3 aromatic carbocycles. The molecule has 1 aromatic heterocycles. The average molecular weight is 524 g/mol. The van der Waals surface area contributed by atoms with Crippen LogP contribution in [0.1, 0.15) is 28.5 Å². The van der Waals surface area contributed by atoms with Crippen molar-refractivity contribution < 1.29 is 27.6 Å². The van der Waals surface area contributed by atoms with Crippen molar-refractivity contribution in [1.82, 2.24) is 4.57 Å². The monoisotopic (exact) mass is 523 g/mol. The summed E-state index contributed by atoms with van der Waals surface area (Å²) in [5.41, 5.74) is 3.10. The number of benzene rings is 3. The van der Waals surface area contributed by atoms with Crippen molar-refractivity contribution in [1.29, 1.82) is 0 Å². The molecule has 0 bridgehead atoms. The van der Waals surface area contributed by atoms with Crippen molar-refractivity contribution in [2.24, 2.45) is 0 Å². The number of methoxy groups -OCH3 is 1. The van der Waals surface area contributed by atoms with E-state index >= 15 is 0 Å². The van der Waals surface area contributed by atoms with Gasteiger partial charge in [0, 0.05) is 28.9 Å². The number of ether oxygens (including phenoxy) is 2. The first-order valence-electron chi connectivity index (χ1n) is 11.3. The third-order valence-corrected chi connectivity index (χ3v) is 7.34. The lowest BCUT2D eigenvalue weighted by Gasteiger charge is -2.13. The third-order valence-electron chi connectivity index (χ3n) is 5.96. The molecule has 37 heavy (non-hydrogen) atoms. The van der Waals surface area contributed by atoms with Gasteiger partial charge in [-0.3, -0.25) is 14.8 Å². The molecule has 0 saturated heterocycles. The average Bonchev–Trinajstić information content (AvgIpc) is 3.14. The van der Waals surface area contributed by atoms with Gasteiger partial charge in [-0.25, -0.2) is 13.2 Å². The van der Waals surface area contributed by atoms with Gasteiger partial charge >= 0.3 is 5.97 Å². The highest BCUT2D eigenvalue weighted by Crippen LogP contribution is 2.35. The third kappa shape index (κ3) is 4.85. The molecule has 0 aliphatic heterocycles. The predicted molar refractivity (Wildman–Crippen MR) is 139 cm³/mol. The summed E-state index contributed by atoms with van der Waals surface area (Å²) in [5.74, 6) is 0.160. The number of aromatic nitrogens is 1. The number of nitrogens with zero attached hydrogens (tertiary/aromatic N) is 2. The van der Waals surface area contributed by atoms with Crippen molar-refractivity contribution in [2.75, 3.05) is 18.4 Å². The van der Waals surface area contributed by atoms with E-state index in [1.54, 1.807) is 40.0 Å². The summed E-state index contributed by atoms with van der Waals surface area (Å²) in [5, 5.41) is 11.4. The van der Waals surface area contributed by atoms with Crippen LogP contribution in [0.5, 0.6) is 5.75 Å². The molecule has 0 saturated carbocycles. The van der Waals surface area contributed by atoms with Crippen LogP contribution in [0.15, 0.2) is 65.6 Å². The Labute approximate surface area is 213 Å². The molecule has 1 heterocycles. The zero-order valence-corrected chi connectivity index (χ0v) is 21.5. The lowest BCUT2D eigenvalue weighted by molar-refractivity contribution is -0.384. The molecular formula is C26H25N3O7S. The highest BCUT2D eigenvalue weighted by molar-refractivity contribution is 7.92. The van der Waals surface area contributed by atoms with E-state index < -0.39 is 20.9 Å². The van der Waals surface area contributed by atoms with E-state index in [-0.39, 0.29) is 22.9 Å². The Hall–Kier alpha value is -4.38. The molecule has 0 aliphatic rings. The lowest BCUT2D eigenvalue weighted by atomic mass is 10.1. The Morgan fingerprint density at radius 2 is 1.70 bits per heavy atom. The van der Waals surface area contributed by atoms with Crippen molar-refractivity contribution in [3.05, 3.63) is 87.6 Å². The number of fused-ring (bicyclic) bond motifs is 1. The van der Waals surface area contributed by atoms with E-state index in [1.165, 1.54) is 12.1 Å². The van der Waals surface area contributed by atoms with Crippen molar-refractivity contribution >= 4 is 38.3 Å². The first-order chi connectivity index (χ1) is 17.6.